The van der Waals surface area contributed by atoms with Crippen molar-refractivity contribution in [3.05, 3.63) is 71.8 Å². The molecule has 0 aliphatic carbocycles. The van der Waals surface area contributed by atoms with Gasteiger partial charge in [-0.25, -0.2) is 0 Å². The van der Waals surface area contributed by atoms with Crippen LogP contribution in [0.5, 0.6) is 0 Å². The third-order valence-electron chi connectivity index (χ3n) is 4.74. The molecule has 0 bridgehead atoms. The van der Waals surface area contributed by atoms with Gasteiger partial charge in [-0.2, -0.15) is 12.6 Å². The van der Waals surface area contributed by atoms with Gasteiger partial charge in [-0.1, -0.05) is 60.7 Å². The normalized spacial score (nSPS) is 16.5. The molecule has 0 amide bonds. The first kappa shape index (κ1) is 18.1. The fourth-order valence-electron chi connectivity index (χ4n) is 3.45. The third-order valence-corrected chi connectivity index (χ3v) is 4.74. The largest absolute Gasteiger partial charge is 0.380 e. The Morgan fingerprint density at radius 3 is 1.65 bits per heavy atom. The minimum Gasteiger partial charge on any atom is -0.380 e. The standard InChI is InChI=1S/C19H23NO.CH4S/c1-20-14-12-18(13-15-20)19(21,16-8-4-2-5-9-16)17-10-6-3-7-11-17;1-2/h2-11,18,21H,12-15H2,1H3;2H,1H3. The molecule has 0 radical (unpaired) electrons. The van der Waals surface area contributed by atoms with E-state index in [4.69, 9.17) is 0 Å². The van der Waals surface area contributed by atoms with E-state index in [2.05, 4.69) is 24.6 Å². The maximum absolute atomic E-state index is 11.6. The van der Waals surface area contributed by atoms with Crippen LogP contribution in [0, 0.1) is 5.92 Å². The molecule has 2 aromatic carbocycles. The predicted octanol–water partition coefficient (Wildman–Crippen LogP) is 3.81. The van der Waals surface area contributed by atoms with Crippen molar-refractivity contribution in [1.82, 2.24) is 4.90 Å². The Bertz CT molecular complexity index is 525. The van der Waals surface area contributed by atoms with Crippen LogP contribution in [0.4, 0.5) is 0 Å². The van der Waals surface area contributed by atoms with E-state index in [1.54, 1.807) is 6.26 Å². The van der Waals surface area contributed by atoms with E-state index in [0.717, 1.165) is 37.1 Å². The lowest BCUT2D eigenvalue weighted by molar-refractivity contribution is -0.0109. The third kappa shape index (κ3) is 3.97. The van der Waals surface area contributed by atoms with Gasteiger partial charge in [0.15, 0.2) is 0 Å². The Morgan fingerprint density at radius 1 is 0.870 bits per heavy atom. The smallest absolute Gasteiger partial charge is 0.117 e. The predicted molar refractivity (Wildman–Crippen MR) is 101 cm³/mol. The second-order valence-corrected chi connectivity index (χ2v) is 6.08. The van der Waals surface area contributed by atoms with Crippen molar-refractivity contribution in [1.29, 1.82) is 0 Å². The number of thiol groups is 1. The lowest BCUT2D eigenvalue weighted by Crippen LogP contribution is -2.43. The Kier molecular flexibility index (Phi) is 6.70. The second kappa shape index (κ2) is 8.53. The molecule has 1 N–H and O–H groups in total. The molecule has 0 aromatic heterocycles. The molecule has 1 aliphatic rings. The Morgan fingerprint density at radius 2 is 1.26 bits per heavy atom. The molecule has 1 heterocycles. The molecule has 2 nitrogen and oxygen atoms in total. The number of piperidine rings is 1. The van der Waals surface area contributed by atoms with Crippen LogP contribution < -0.4 is 0 Å². The van der Waals surface area contributed by atoms with E-state index in [-0.39, 0.29) is 5.92 Å². The van der Waals surface area contributed by atoms with E-state index in [9.17, 15) is 5.11 Å². The molecule has 0 unspecified atom stereocenters. The topological polar surface area (TPSA) is 23.5 Å². The number of likely N-dealkylation sites (tertiary alicyclic amines) is 1. The van der Waals surface area contributed by atoms with Crippen LogP contribution in [0.2, 0.25) is 0 Å². The van der Waals surface area contributed by atoms with Gasteiger partial charge in [-0.15, -0.1) is 0 Å². The highest BCUT2D eigenvalue weighted by atomic mass is 32.1. The molecular weight excluding hydrogens is 302 g/mol. The summed E-state index contributed by atoms with van der Waals surface area (Å²) in [4.78, 5) is 2.34. The number of hydrogen-bond acceptors (Lipinski definition) is 3. The van der Waals surface area contributed by atoms with Crippen molar-refractivity contribution in [3.63, 3.8) is 0 Å². The average molecular weight is 330 g/mol. The molecule has 0 saturated carbocycles. The fourth-order valence-corrected chi connectivity index (χ4v) is 3.45. The number of benzene rings is 2. The van der Waals surface area contributed by atoms with Gasteiger partial charge in [-0.3, -0.25) is 0 Å². The molecule has 1 saturated heterocycles. The zero-order valence-corrected chi connectivity index (χ0v) is 14.9. The van der Waals surface area contributed by atoms with E-state index >= 15 is 0 Å². The van der Waals surface area contributed by atoms with Gasteiger partial charge in [0.2, 0.25) is 0 Å². The maximum Gasteiger partial charge on any atom is 0.117 e. The van der Waals surface area contributed by atoms with Crippen LogP contribution in [0.15, 0.2) is 60.7 Å². The molecular formula is C20H27NOS. The summed E-state index contributed by atoms with van der Waals surface area (Å²) in [6.45, 7) is 2.10. The van der Waals surface area contributed by atoms with Crippen molar-refractivity contribution >= 4 is 12.6 Å². The van der Waals surface area contributed by atoms with Gasteiger partial charge in [-0.05, 0) is 56.3 Å². The van der Waals surface area contributed by atoms with Crippen molar-refractivity contribution in [3.8, 4) is 0 Å². The monoisotopic (exact) mass is 329 g/mol. The van der Waals surface area contributed by atoms with Crippen LogP contribution in [0.1, 0.15) is 24.0 Å². The van der Waals surface area contributed by atoms with Gasteiger partial charge in [0.25, 0.3) is 0 Å². The van der Waals surface area contributed by atoms with Crippen molar-refractivity contribution in [2.45, 2.75) is 18.4 Å². The molecule has 3 heteroatoms. The molecule has 124 valence electrons. The zero-order valence-electron chi connectivity index (χ0n) is 14.0. The number of rotatable bonds is 3. The Balaban J connectivity index is 0.000000924. The summed E-state index contributed by atoms with van der Waals surface area (Å²) in [6.07, 6.45) is 3.74. The van der Waals surface area contributed by atoms with Gasteiger partial charge >= 0.3 is 0 Å². The van der Waals surface area contributed by atoms with Crippen molar-refractivity contribution < 1.29 is 5.11 Å². The number of aliphatic hydroxyl groups is 1. The average Bonchev–Trinajstić information content (AvgIpc) is 2.65. The van der Waals surface area contributed by atoms with Crippen LogP contribution in [0.25, 0.3) is 0 Å². The highest BCUT2D eigenvalue weighted by Crippen LogP contribution is 2.41. The molecule has 23 heavy (non-hydrogen) atoms. The summed E-state index contributed by atoms with van der Waals surface area (Å²) < 4.78 is 0. The van der Waals surface area contributed by atoms with Crippen LogP contribution >= 0.6 is 12.6 Å². The summed E-state index contributed by atoms with van der Waals surface area (Å²) in [5.74, 6) is 0.262. The van der Waals surface area contributed by atoms with Gasteiger partial charge in [0, 0.05) is 0 Å². The van der Waals surface area contributed by atoms with Crippen molar-refractivity contribution in [2.75, 3.05) is 26.4 Å². The minimum absolute atomic E-state index is 0.262. The minimum atomic E-state index is -0.885. The lowest BCUT2D eigenvalue weighted by atomic mass is 9.72. The molecule has 1 aliphatic heterocycles. The fraction of sp³-hybridized carbons (Fsp3) is 0.400. The summed E-state index contributed by atoms with van der Waals surface area (Å²) in [7, 11) is 2.15. The molecule has 0 atom stereocenters. The van der Waals surface area contributed by atoms with E-state index in [0.29, 0.717) is 0 Å². The molecule has 2 aromatic rings. The molecule has 3 rings (SSSR count). The Hall–Kier alpha value is -1.29. The van der Waals surface area contributed by atoms with Crippen LogP contribution in [-0.4, -0.2) is 36.4 Å². The highest BCUT2D eigenvalue weighted by molar-refractivity contribution is 7.79. The zero-order chi connectivity index (χ0) is 16.7. The first-order chi connectivity index (χ1) is 11.2. The highest BCUT2D eigenvalue weighted by Gasteiger charge is 2.40. The first-order valence-corrected chi connectivity index (χ1v) is 9.07. The molecule has 1 fully saturated rings. The second-order valence-electron chi connectivity index (χ2n) is 6.08. The summed E-state index contributed by atoms with van der Waals surface area (Å²) in [5.41, 5.74) is 1.13. The maximum atomic E-state index is 11.6. The quantitative estimate of drug-likeness (QED) is 0.837. The first-order valence-electron chi connectivity index (χ1n) is 8.18. The van der Waals surface area contributed by atoms with E-state index in [1.807, 2.05) is 60.7 Å². The number of hydrogen-bond donors (Lipinski definition) is 2. The number of nitrogens with zero attached hydrogens (tertiary/aromatic N) is 1. The summed E-state index contributed by atoms with van der Waals surface area (Å²) >= 11 is 3.53. The van der Waals surface area contributed by atoms with Crippen LogP contribution in [-0.2, 0) is 5.60 Å². The summed E-state index contributed by atoms with van der Waals surface area (Å²) in [5, 5.41) is 11.6. The molecule has 0 spiro atoms. The SMILES string of the molecule is CN1CCC(C(O)(c2ccccc2)c2ccccc2)CC1.CS. The van der Waals surface area contributed by atoms with Gasteiger partial charge in [0.05, 0.1) is 0 Å². The lowest BCUT2D eigenvalue weighted by Gasteiger charge is -2.41. The van der Waals surface area contributed by atoms with Gasteiger partial charge in [0.1, 0.15) is 5.60 Å². The van der Waals surface area contributed by atoms with Crippen molar-refractivity contribution in [2.24, 2.45) is 5.92 Å². The summed E-state index contributed by atoms with van der Waals surface area (Å²) in [6, 6.07) is 20.2. The van der Waals surface area contributed by atoms with Gasteiger partial charge < -0.3 is 10.0 Å². The Labute approximate surface area is 145 Å². The van der Waals surface area contributed by atoms with E-state index in [1.165, 1.54) is 0 Å². The van der Waals surface area contributed by atoms with Crippen LogP contribution in [0.3, 0.4) is 0 Å². The van der Waals surface area contributed by atoms with E-state index < -0.39 is 5.60 Å².